The van der Waals surface area contributed by atoms with Crippen molar-refractivity contribution in [2.24, 2.45) is 0 Å². The molecule has 1 aliphatic heterocycles. The van der Waals surface area contributed by atoms with Crippen molar-refractivity contribution in [2.45, 2.75) is 71.4 Å². The fraction of sp³-hybridized carbons (Fsp3) is 0.464. The Morgan fingerprint density at radius 2 is 1.81 bits per heavy atom. The van der Waals surface area contributed by atoms with Gasteiger partial charge in [0.05, 0.1) is 5.56 Å². The number of carbonyl (C=O) groups is 2. The van der Waals surface area contributed by atoms with Crippen molar-refractivity contribution in [1.29, 1.82) is 0 Å². The molecule has 0 spiro atoms. The molecule has 192 valence electrons. The second-order valence-corrected chi connectivity index (χ2v) is 11.4. The van der Waals surface area contributed by atoms with Crippen LogP contribution in [0.25, 0.3) is 22.1 Å². The van der Waals surface area contributed by atoms with Gasteiger partial charge in [0, 0.05) is 41.8 Å². The van der Waals surface area contributed by atoms with Crippen LogP contribution in [0.15, 0.2) is 45.9 Å². The zero-order valence-electron chi connectivity index (χ0n) is 21.9. The summed E-state index contributed by atoms with van der Waals surface area (Å²) in [5.41, 5.74) is 2.33. The number of aromatic nitrogens is 1. The van der Waals surface area contributed by atoms with E-state index in [9.17, 15) is 14.4 Å². The number of fused-ring (bicyclic) bond motifs is 1. The number of piperidine rings is 1. The van der Waals surface area contributed by atoms with Gasteiger partial charge < -0.3 is 24.4 Å². The van der Waals surface area contributed by atoms with Gasteiger partial charge >= 0.3 is 6.09 Å². The first-order valence-electron chi connectivity index (χ1n) is 12.4. The van der Waals surface area contributed by atoms with Crippen LogP contribution < -0.4 is 10.9 Å². The van der Waals surface area contributed by atoms with Crippen molar-refractivity contribution in [1.82, 2.24) is 15.2 Å². The van der Waals surface area contributed by atoms with Gasteiger partial charge in [-0.1, -0.05) is 20.8 Å². The summed E-state index contributed by atoms with van der Waals surface area (Å²) < 4.78 is 11.3. The number of carbonyl (C=O) groups excluding carboxylic acids is 2. The summed E-state index contributed by atoms with van der Waals surface area (Å²) in [7, 11) is 0. The number of rotatable bonds is 3. The number of pyridine rings is 1. The van der Waals surface area contributed by atoms with Gasteiger partial charge in [0.25, 0.3) is 11.5 Å². The Balaban J connectivity index is 1.60. The minimum Gasteiger partial charge on any atom is -0.463 e. The van der Waals surface area contributed by atoms with Crippen molar-refractivity contribution in [3.05, 3.63) is 58.2 Å². The summed E-state index contributed by atoms with van der Waals surface area (Å²) in [5.74, 6) is -0.122. The highest BCUT2D eigenvalue weighted by Crippen LogP contribution is 2.37. The number of hydrogen-bond acceptors (Lipinski definition) is 5. The molecule has 8 heteroatoms. The summed E-state index contributed by atoms with van der Waals surface area (Å²) in [4.78, 5) is 42.7. The molecule has 1 aromatic carbocycles. The number of nitrogens with zero attached hydrogens (tertiary/aromatic N) is 1. The normalized spacial score (nSPS) is 15.2. The van der Waals surface area contributed by atoms with Crippen LogP contribution in [0.2, 0.25) is 0 Å². The first-order chi connectivity index (χ1) is 16.8. The summed E-state index contributed by atoms with van der Waals surface area (Å²) >= 11 is 0. The van der Waals surface area contributed by atoms with Crippen LogP contribution in [-0.2, 0) is 10.2 Å². The second-order valence-electron chi connectivity index (χ2n) is 11.4. The molecule has 3 aromatic rings. The standard InChI is InChI=1S/C28H35N3O5/c1-27(2,3)22-15-17(19-8-7-11-29-24(19)32)14-20-21(16-35-23(20)22)25(33)31-12-9-18(10-13-31)30-26(34)36-28(4,5)6/h7-8,11,14-16,18H,9-10,12-13H2,1-6H3,(H,29,32)(H,30,34). The van der Waals surface area contributed by atoms with Gasteiger partial charge in [0.1, 0.15) is 17.4 Å². The zero-order valence-corrected chi connectivity index (χ0v) is 21.9. The molecule has 1 saturated heterocycles. The third-order valence-corrected chi connectivity index (χ3v) is 6.34. The third-order valence-electron chi connectivity index (χ3n) is 6.34. The quantitative estimate of drug-likeness (QED) is 0.521. The predicted octanol–water partition coefficient (Wildman–Crippen LogP) is 5.21. The summed E-state index contributed by atoms with van der Waals surface area (Å²) in [5, 5.41) is 3.60. The highest BCUT2D eigenvalue weighted by Gasteiger charge is 2.30. The zero-order chi connectivity index (χ0) is 26.3. The Hall–Kier alpha value is -3.55. The van der Waals surface area contributed by atoms with Crippen molar-refractivity contribution in [3.63, 3.8) is 0 Å². The van der Waals surface area contributed by atoms with E-state index in [1.807, 2.05) is 32.9 Å². The minimum absolute atomic E-state index is 0.0473. The van der Waals surface area contributed by atoms with Crippen LogP contribution in [0.3, 0.4) is 0 Å². The van der Waals surface area contributed by atoms with Crippen molar-refractivity contribution < 1.29 is 18.7 Å². The Labute approximate surface area is 211 Å². The molecule has 36 heavy (non-hydrogen) atoms. The summed E-state index contributed by atoms with van der Waals surface area (Å²) in [6, 6.07) is 7.35. The fourth-order valence-corrected chi connectivity index (χ4v) is 4.54. The fourth-order valence-electron chi connectivity index (χ4n) is 4.54. The number of likely N-dealkylation sites (tertiary alicyclic amines) is 1. The van der Waals surface area contributed by atoms with Gasteiger partial charge in [-0.3, -0.25) is 9.59 Å². The molecule has 0 saturated carbocycles. The number of amides is 2. The van der Waals surface area contributed by atoms with E-state index in [4.69, 9.17) is 9.15 Å². The Morgan fingerprint density at radius 1 is 1.11 bits per heavy atom. The highest BCUT2D eigenvalue weighted by atomic mass is 16.6. The number of H-pyrrole nitrogens is 1. The van der Waals surface area contributed by atoms with E-state index in [2.05, 4.69) is 31.1 Å². The maximum absolute atomic E-state index is 13.6. The van der Waals surface area contributed by atoms with E-state index in [1.165, 1.54) is 6.26 Å². The van der Waals surface area contributed by atoms with Gasteiger partial charge in [-0.05, 0) is 68.9 Å². The van der Waals surface area contributed by atoms with Crippen molar-refractivity contribution in [3.8, 4) is 11.1 Å². The molecular formula is C28H35N3O5. The van der Waals surface area contributed by atoms with E-state index in [1.54, 1.807) is 23.2 Å². The number of ether oxygens (including phenoxy) is 1. The maximum Gasteiger partial charge on any atom is 0.407 e. The van der Waals surface area contributed by atoms with Crippen LogP contribution in [0.4, 0.5) is 4.79 Å². The van der Waals surface area contributed by atoms with E-state index in [0.29, 0.717) is 48.0 Å². The Bertz CT molecular complexity index is 1330. The molecule has 2 N–H and O–H groups in total. The number of nitrogens with one attached hydrogen (secondary N) is 2. The molecule has 2 amide bonds. The van der Waals surface area contributed by atoms with Crippen LogP contribution >= 0.6 is 0 Å². The van der Waals surface area contributed by atoms with Gasteiger partial charge in [-0.2, -0.15) is 0 Å². The number of alkyl carbamates (subject to hydrolysis) is 1. The first-order valence-corrected chi connectivity index (χ1v) is 12.4. The molecule has 4 rings (SSSR count). The number of hydrogen-bond donors (Lipinski definition) is 2. The van der Waals surface area contributed by atoms with E-state index >= 15 is 0 Å². The molecule has 1 fully saturated rings. The second kappa shape index (κ2) is 9.48. The number of benzene rings is 1. The van der Waals surface area contributed by atoms with Crippen molar-refractivity contribution in [2.75, 3.05) is 13.1 Å². The lowest BCUT2D eigenvalue weighted by molar-refractivity contribution is 0.0474. The largest absolute Gasteiger partial charge is 0.463 e. The Morgan fingerprint density at radius 3 is 2.42 bits per heavy atom. The van der Waals surface area contributed by atoms with Gasteiger partial charge in [0.15, 0.2) is 0 Å². The first kappa shape index (κ1) is 25.5. The van der Waals surface area contributed by atoms with E-state index < -0.39 is 11.7 Å². The average Bonchev–Trinajstić information content (AvgIpc) is 3.20. The molecule has 3 heterocycles. The van der Waals surface area contributed by atoms with Gasteiger partial charge in [0.2, 0.25) is 0 Å². The smallest absolute Gasteiger partial charge is 0.407 e. The van der Waals surface area contributed by atoms with Gasteiger partial charge in [-0.15, -0.1) is 0 Å². The van der Waals surface area contributed by atoms with Gasteiger partial charge in [-0.25, -0.2) is 4.79 Å². The van der Waals surface area contributed by atoms with Crippen LogP contribution in [0, 0.1) is 0 Å². The average molecular weight is 494 g/mol. The lowest BCUT2D eigenvalue weighted by atomic mass is 9.84. The molecule has 0 aliphatic carbocycles. The summed E-state index contributed by atoms with van der Waals surface area (Å²) in [6.45, 7) is 12.7. The molecule has 0 radical (unpaired) electrons. The topological polar surface area (TPSA) is 105 Å². The lowest BCUT2D eigenvalue weighted by Crippen LogP contribution is -2.47. The molecule has 1 aliphatic rings. The SMILES string of the molecule is CC(C)(C)OC(=O)NC1CCN(C(=O)c2coc3c(C(C)(C)C)cc(-c4ccc[nH]c4=O)cc23)CC1. The Kier molecular flexibility index (Phi) is 6.73. The molecular weight excluding hydrogens is 458 g/mol. The van der Waals surface area contributed by atoms with Crippen LogP contribution in [0.1, 0.15) is 70.3 Å². The monoisotopic (exact) mass is 493 g/mol. The number of aromatic amines is 1. The molecule has 0 bridgehead atoms. The molecule has 0 unspecified atom stereocenters. The minimum atomic E-state index is -0.557. The van der Waals surface area contributed by atoms with Crippen molar-refractivity contribution >= 4 is 23.0 Å². The highest BCUT2D eigenvalue weighted by molar-refractivity contribution is 6.07. The maximum atomic E-state index is 13.6. The van der Waals surface area contributed by atoms with E-state index in [0.717, 1.165) is 11.1 Å². The summed E-state index contributed by atoms with van der Waals surface area (Å²) in [6.07, 6.45) is 3.96. The molecule has 8 nitrogen and oxygen atoms in total. The predicted molar refractivity (Wildman–Crippen MR) is 139 cm³/mol. The lowest BCUT2D eigenvalue weighted by Gasteiger charge is -2.32. The van der Waals surface area contributed by atoms with Crippen LogP contribution in [0.5, 0.6) is 0 Å². The molecule has 0 atom stereocenters. The third kappa shape index (κ3) is 5.48. The van der Waals surface area contributed by atoms with Crippen LogP contribution in [-0.4, -0.2) is 46.6 Å². The molecule has 2 aromatic heterocycles. The van der Waals surface area contributed by atoms with E-state index in [-0.39, 0.29) is 22.9 Å². The number of furan rings is 1.